The molecule has 9 heteroatoms. The molecule has 1 unspecified atom stereocenters. The molecule has 7 nitrogen and oxygen atoms in total. The van der Waals surface area contributed by atoms with Crippen molar-refractivity contribution in [1.82, 2.24) is 14.5 Å². The Morgan fingerprint density at radius 1 is 1.08 bits per heavy atom. The largest absolute Gasteiger partial charge is 0.497 e. The molecule has 0 fully saturated rings. The van der Waals surface area contributed by atoms with E-state index < -0.39 is 6.04 Å². The lowest BCUT2D eigenvalue weighted by Crippen LogP contribution is -2.41. The monoisotopic (exact) mass is 538 g/mol. The lowest BCUT2D eigenvalue weighted by Gasteiger charge is -2.32. The van der Waals surface area contributed by atoms with Crippen LogP contribution in [0.1, 0.15) is 38.6 Å². The number of nitrogens with zero attached hydrogens (tertiary/aromatic N) is 3. The van der Waals surface area contributed by atoms with Crippen molar-refractivity contribution in [3.8, 4) is 11.4 Å². The standard InChI is InChI=1S/C28H28Cl2N4O3/c1-4-16-33(28(36)32-24-15-10-18(29)17-22(24)30)25(5-2)26-31-23-9-7-6-8-21(23)27(35)34(26)19-11-13-20(37-3)14-12-19/h6-15,17,25H,4-5,16H2,1-3H3,(H,32,36). The van der Waals surface area contributed by atoms with Gasteiger partial charge in [0.1, 0.15) is 11.6 Å². The number of halogens is 2. The summed E-state index contributed by atoms with van der Waals surface area (Å²) in [6.45, 7) is 4.41. The van der Waals surface area contributed by atoms with Gasteiger partial charge in [-0.3, -0.25) is 9.36 Å². The summed E-state index contributed by atoms with van der Waals surface area (Å²) in [5.74, 6) is 1.15. The average molecular weight is 539 g/mol. The summed E-state index contributed by atoms with van der Waals surface area (Å²) in [6, 6.07) is 18.5. The maximum absolute atomic E-state index is 13.8. The summed E-state index contributed by atoms with van der Waals surface area (Å²) >= 11 is 12.3. The van der Waals surface area contributed by atoms with Gasteiger partial charge in [-0.1, -0.05) is 49.2 Å². The summed E-state index contributed by atoms with van der Waals surface area (Å²) in [7, 11) is 1.59. The molecule has 4 aromatic rings. The van der Waals surface area contributed by atoms with Gasteiger partial charge in [0.25, 0.3) is 5.56 Å². The normalized spacial score (nSPS) is 11.8. The van der Waals surface area contributed by atoms with Crippen LogP contribution in [0.3, 0.4) is 0 Å². The number of hydrogen-bond donors (Lipinski definition) is 1. The van der Waals surface area contributed by atoms with E-state index in [1.54, 1.807) is 53.0 Å². The van der Waals surface area contributed by atoms with Crippen LogP contribution in [0.2, 0.25) is 10.0 Å². The van der Waals surface area contributed by atoms with E-state index in [4.69, 9.17) is 32.9 Å². The summed E-state index contributed by atoms with van der Waals surface area (Å²) in [4.78, 5) is 34.0. The second-order valence-electron chi connectivity index (χ2n) is 8.50. The molecule has 192 valence electrons. The zero-order valence-corrected chi connectivity index (χ0v) is 22.4. The third kappa shape index (κ3) is 5.58. The number of methoxy groups -OCH3 is 1. The number of carbonyl (C=O) groups is 1. The topological polar surface area (TPSA) is 76.5 Å². The van der Waals surface area contributed by atoms with Crippen LogP contribution in [0, 0.1) is 0 Å². The quantitative estimate of drug-likeness (QED) is 0.259. The second kappa shape index (κ2) is 11.7. The highest BCUT2D eigenvalue weighted by molar-refractivity contribution is 6.36. The van der Waals surface area contributed by atoms with Crippen LogP contribution in [0.15, 0.2) is 71.5 Å². The van der Waals surface area contributed by atoms with E-state index in [2.05, 4.69) is 5.32 Å². The van der Waals surface area contributed by atoms with E-state index in [1.165, 1.54) is 0 Å². The van der Waals surface area contributed by atoms with Gasteiger partial charge in [0, 0.05) is 11.6 Å². The molecule has 0 aliphatic rings. The van der Waals surface area contributed by atoms with Crippen molar-refractivity contribution < 1.29 is 9.53 Å². The number of aromatic nitrogens is 2. The molecular weight excluding hydrogens is 511 g/mol. The molecule has 1 atom stereocenters. The molecule has 0 radical (unpaired) electrons. The van der Waals surface area contributed by atoms with Gasteiger partial charge in [0.05, 0.1) is 40.5 Å². The number of rotatable bonds is 8. The Hall–Kier alpha value is -3.55. The van der Waals surface area contributed by atoms with Crippen LogP contribution >= 0.6 is 23.2 Å². The first-order valence-electron chi connectivity index (χ1n) is 12.1. The molecule has 0 aliphatic carbocycles. The minimum atomic E-state index is -0.495. The van der Waals surface area contributed by atoms with Crippen molar-refractivity contribution in [3.05, 3.63) is 93.0 Å². The van der Waals surface area contributed by atoms with Crippen molar-refractivity contribution in [2.45, 2.75) is 32.7 Å². The average Bonchev–Trinajstić information content (AvgIpc) is 2.90. The lowest BCUT2D eigenvalue weighted by molar-refractivity contribution is 0.181. The number of benzene rings is 3. The maximum atomic E-state index is 13.8. The van der Waals surface area contributed by atoms with Crippen molar-refractivity contribution >= 4 is 45.8 Å². The molecule has 3 aromatic carbocycles. The van der Waals surface area contributed by atoms with E-state index in [0.717, 1.165) is 0 Å². The number of amides is 2. The number of para-hydroxylation sites is 1. The molecule has 2 amide bonds. The number of nitrogens with one attached hydrogen (secondary N) is 1. The molecule has 1 aromatic heterocycles. The van der Waals surface area contributed by atoms with Crippen LogP contribution in [0.4, 0.5) is 10.5 Å². The Balaban J connectivity index is 1.85. The minimum Gasteiger partial charge on any atom is -0.497 e. The van der Waals surface area contributed by atoms with E-state index in [-0.39, 0.29) is 11.6 Å². The Morgan fingerprint density at radius 3 is 2.46 bits per heavy atom. The summed E-state index contributed by atoms with van der Waals surface area (Å²) in [5, 5.41) is 4.21. The van der Waals surface area contributed by atoms with Crippen molar-refractivity contribution in [2.75, 3.05) is 19.0 Å². The molecular formula is C28H28Cl2N4O3. The third-order valence-electron chi connectivity index (χ3n) is 6.09. The highest BCUT2D eigenvalue weighted by Crippen LogP contribution is 2.30. The molecule has 0 saturated carbocycles. The number of urea groups is 1. The molecule has 1 heterocycles. The zero-order valence-electron chi connectivity index (χ0n) is 20.9. The smallest absolute Gasteiger partial charge is 0.322 e. The van der Waals surface area contributed by atoms with E-state index >= 15 is 0 Å². The van der Waals surface area contributed by atoms with Gasteiger partial charge >= 0.3 is 6.03 Å². The molecule has 0 saturated heterocycles. The fourth-order valence-corrected chi connectivity index (χ4v) is 4.77. The fraction of sp³-hybridized carbons (Fsp3) is 0.250. The summed E-state index contributed by atoms with van der Waals surface area (Å²) < 4.78 is 6.88. The van der Waals surface area contributed by atoms with Crippen LogP contribution in [0.25, 0.3) is 16.6 Å². The predicted octanol–water partition coefficient (Wildman–Crippen LogP) is 7.10. The van der Waals surface area contributed by atoms with E-state index in [9.17, 15) is 9.59 Å². The Bertz CT molecular complexity index is 1470. The number of hydrogen-bond acceptors (Lipinski definition) is 4. The van der Waals surface area contributed by atoms with Crippen LogP contribution in [-0.2, 0) is 0 Å². The van der Waals surface area contributed by atoms with Crippen molar-refractivity contribution in [1.29, 1.82) is 0 Å². The maximum Gasteiger partial charge on any atom is 0.322 e. The highest BCUT2D eigenvalue weighted by atomic mass is 35.5. The van der Waals surface area contributed by atoms with Gasteiger partial charge < -0.3 is 15.0 Å². The molecule has 0 aliphatic heterocycles. The highest BCUT2D eigenvalue weighted by Gasteiger charge is 2.29. The van der Waals surface area contributed by atoms with Crippen LogP contribution < -0.4 is 15.6 Å². The van der Waals surface area contributed by atoms with Gasteiger partial charge in [-0.05, 0) is 67.4 Å². The zero-order chi connectivity index (χ0) is 26.5. The van der Waals surface area contributed by atoms with Crippen molar-refractivity contribution in [2.24, 2.45) is 0 Å². The Morgan fingerprint density at radius 2 is 1.81 bits per heavy atom. The van der Waals surface area contributed by atoms with Crippen LogP contribution in [-0.4, -0.2) is 34.1 Å². The van der Waals surface area contributed by atoms with E-state index in [0.29, 0.717) is 63.3 Å². The summed E-state index contributed by atoms with van der Waals surface area (Å²) in [6.07, 6.45) is 1.24. The first-order valence-corrected chi connectivity index (χ1v) is 12.8. The first kappa shape index (κ1) is 26.5. The Kier molecular flexibility index (Phi) is 8.36. The molecule has 37 heavy (non-hydrogen) atoms. The number of anilines is 1. The number of ether oxygens (including phenoxy) is 1. The Labute approximate surface area is 225 Å². The molecule has 1 N–H and O–H groups in total. The molecule has 4 rings (SSSR count). The van der Waals surface area contributed by atoms with Gasteiger partial charge in [0.2, 0.25) is 0 Å². The third-order valence-corrected chi connectivity index (χ3v) is 6.64. The molecule has 0 bridgehead atoms. The van der Waals surface area contributed by atoms with Gasteiger partial charge in [0.15, 0.2) is 0 Å². The minimum absolute atomic E-state index is 0.207. The van der Waals surface area contributed by atoms with Crippen molar-refractivity contribution in [3.63, 3.8) is 0 Å². The van der Waals surface area contributed by atoms with Gasteiger partial charge in [-0.15, -0.1) is 0 Å². The predicted molar refractivity (Wildman–Crippen MR) is 149 cm³/mol. The number of carbonyl (C=O) groups excluding carboxylic acids is 1. The summed E-state index contributed by atoms with van der Waals surface area (Å²) in [5.41, 5.74) is 1.45. The van der Waals surface area contributed by atoms with Crippen LogP contribution in [0.5, 0.6) is 5.75 Å². The molecule has 0 spiro atoms. The van der Waals surface area contributed by atoms with E-state index in [1.807, 2.05) is 44.2 Å². The first-order chi connectivity index (χ1) is 17.9. The van der Waals surface area contributed by atoms with Gasteiger partial charge in [-0.25, -0.2) is 9.78 Å². The van der Waals surface area contributed by atoms with Gasteiger partial charge in [-0.2, -0.15) is 0 Å². The second-order valence-corrected chi connectivity index (χ2v) is 9.34. The SMILES string of the molecule is CCCN(C(=O)Nc1ccc(Cl)cc1Cl)C(CC)c1nc2ccccc2c(=O)n1-c1ccc(OC)cc1. The lowest BCUT2D eigenvalue weighted by atomic mass is 10.1. The number of fused-ring (bicyclic) bond motifs is 1. The fourth-order valence-electron chi connectivity index (χ4n) is 4.31.